The van der Waals surface area contributed by atoms with Crippen LogP contribution in [-0.2, 0) is 6.54 Å². The second kappa shape index (κ2) is 6.33. The molecule has 5 nitrogen and oxygen atoms in total. The molecule has 2 rings (SSSR count). The van der Waals surface area contributed by atoms with Gasteiger partial charge in [0.25, 0.3) is 0 Å². The molecular weight excluding hydrogens is 262 g/mol. The molecule has 0 saturated heterocycles. The summed E-state index contributed by atoms with van der Waals surface area (Å²) in [5.74, 6) is 1.29. The van der Waals surface area contributed by atoms with E-state index in [-0.39, 0.29) is 0 Å². The molecule has 2 aromatic heterocycles. The van der Waals surface area contributed by atoms with Crippen LogP contribution in [0.15, 0.2) is 30.7 Å². The third kappa shape index (κ3) is 3.54. The van der Waals surface area contributed by atoms with E-state index in [1.807, 2.05) is 37.2 Å². The molecule has 0 spiro atoms. The summed E-state index contributed by atoms with van der Waals surface area (Å²) in [5.41, 5.74) is 1.10. The topological polar surface area (TPSA) is 53.9 Å². The summed E-state index contributed by atoms with van der Waals surface area (Å²) < 4.78 is 0. The minimum atomic E-state index is 0.535. The lowest BCUT2D eigenvalue weighted by Gasteiger charge is -2.19. The van der Waals surface area contributed by atoms with Crippen LogP contribution in [0.25, 0.3) is 0 Å². The molecule has 1 N–H and O–H groups in total. The normalized spacial score (nSPS) is 10.3. The van der Waals surface area contributed by atoms with E-state index in [1.54, 1.807) is 12.4 Å². The monoisotopic (exact) mass is 277 g/mol. The standard InChI is InChI=1S/C13H16ClN5/c1-3-16-13-17-8-11(14)12(18-13)19(2)9-10-5-4-6-15-7-10/h4-8H,3,9H2,1-2H3,(H,16,17,18). The van der Waals surface area contributed by atoms with Crippen molar-refractivity contribution in [3.63, 3.8) is 0 Å². The molecule has 0 aliphatic carbocycles. The molecular formula is C13H16ClN5. The second-order valence-corrected chi connectivity index (χ2v) is 4.52. The summed E-state index contributed by atoms with van der Waals surface area (Å²) in [6.45, 7) is 3.46. The van der Waals surface area contributed by atoms with Gasteiger partial charge in [-0.05, 0) is 18.6 Å². The number of pyridine rings is 1. The SMILES string of the molecule is CCNc1ncc(Cl)c(N(C)Cc2cccnc2)n1. The third-order valence-corrected chi connectivity index (χ3v) is 2.83. The molecule has 19 heavy (non-hydrogen) atoms. The molecule has 0 atom stereocenters. The van der Waals surface area contributed by atoms with Crippen LogP contribution in [0.3, 0.4) is 0 Å². The van der Waals surface area contributed by atoms with Crippen molar-refractivity contribution in [3.05, 3.63) is 41.3 Å². The maximum atomic E-state index is 6.15. The highest BCUT2D eigenvalue weighted by molar-refractivity contribution is 6.32. The number of hydrogen-bond acceptors (Lipinski definition) is 5. The number of anilines is 2. The summed E-state index contributed by atoms with van der Waals surface area (Å²) in [7, 11) is 1.94. The molecule has 0 radical (unpaired) electrons. The Kier molecular flexibility index (Phi) is 4.52. The van der Waals surface area contributed by atoms with Crippen LogP contribution in [0.4, 0.5) is 11.8 Å². The Labute approximate surface area is 117 Å². The van der Waals surface area contributed by atoms with E-state index >= 15 is 0 Å². The fourth-order valence-corrected chi connectivity index (χ4v) is 1.94. The lowest BCUT2D eigenvalue weighted by Crippen LogP contribution is -2.19. The van der Waals surface area contributed by atoms with Crippen molar-refractivity contribution in [2.75, 3.05) is 23.8 Å². The largest absolute Gasteiger partial charge is 0.354 e. The van der Waals surface area contributed by atoms with E-state index in [9.17, 15) is 0 Å². The molecule has 0 aliphatic heterocycles. The summed E-state index contributed by atoms with van der Waals surface area (Å²) in [5, 5.41) is 3.61. The number of rotatable bonds is 5. The third-order valence-electron chi connectivity index (χ3n) is 2.56. The maximum absolute atomic E-state index is 6.15. The number of nitrogens with one attached hydrogen (secondary N) is 1. The van der Waals surface area contributed by atoms with Gasteiger partial charge in [-0.25, -0.2) is 4.98 Å². The van der Waals surface area contributed by atoms with Crippen LogP contribution >= 0.6 is 11.6 Å². The quantitative estimate of drug-likeness (QED) is 0.910. The van der Waals surface area contributed by atoms with Crippen LogP contribution in [0.1, 0.15) is 12.5 Å². The Morgan fingerprint density at radius 1 is 1.37 bits per heavy atom. The molecule has 0 aliphatic rings. The zero-order valence-corrected chi connectivity index (χ0v) is 11.7. The molecule has 0 unspecified atom stereocenters. The number of aromatic nitrogens is 3. The van der Waals surface area contributed by atoms with Gasteiger partial charge < -0.3 is 10.2 Å². The summed E-state index contributed by atoms with van der Waals surface area (Å²) >= 11 is 6.15. The van der Waals surface area contributed by atoms with Gasteiger partial charge >= 0.3 is 0 Å². The van der Waals surface area contributed by atoms with Gasteiger partial charge in [0.1, 0.15) is 5.02 Å². The van der Waals surface area contributed by atoms with E-state index in [0.717, 1.165) is 12.1 Å². The number of nitrogens with zero attached hydrogens (tertiary/aromatic N) is 4. The first-order chi connectivity index (χ1) is 9.20. The second-order valence-electron chi connectivity index (χ2n) is 4.11. The van der Waals surface area contributed by atoms with Crippen molar-refractivity contribution in [2.45, 2.75) is 13.5 Å². The van der Waals surface area contributed by atoms with Gasteiger partial charge in [-0.1, -0.05) is 17.7 Å². The van der Waals surface area contributed by atoms with Crippen molar-refractivity contribution in [1.82, 2.24) is 15.0 Å². The fraction of sp³-hybridized carbons (Fsp3) is 0.308. The predicted molar refractivity (Wildman–Crippen MR) is 77.5 cm³/mol. The lowest BCUT2D eigenvalue weighted by atomic mass is 10.3. The van der Waals surface area contributed by atoms with Gasteiger partial charge in [-0.3, -0.25) is 4.98 Å². The molecule has 0 bridgehead atoms. The number of halogens is 1. The van der Waals surface area contributed by atoms with E-state index < -0.39 is 0 Å². The van der Waals surface area contributed by atoms with Gasteiger partial charge in [-0.2, -0.15) is 4.98 Å². The highest BCUT2D eigenvalue weighted by Gasteiger charge is 2.10. The Hall–Kier alpha value is -1.88. The first-order valence-electron chi connectivity index (χ1n) is 6.07. The molecule has 0 aromatic carbocycles. The van der Waals surface area contributed by atoms with E-state index in [2.05, 4.69) is 20.3 Å². The minimum Gasteiger partial charge on any atom is -0.354 e. The Morgan fingerprint density at radius 2 is 2.21 bits per heavy atom. The Bertz CT molecular complexity index is 532. The van der Waals surface area contributed by atoms with E-state index in [0.29, 0.717) is 23.3 Å². The Morgan fingerprint density at radius 3 is 2.89 bits per heavy atom. The van der Waals surface area contributed by atoms with Crippen LogP contribution in [-0.4, -0.2) is 28.5 Å². The van der Waals surface area contributed by atoms with Crippen LogP contribution < -0.4 is 10.2 Å². The molecule has 100 valence electrons. The van der Waals surface area contributed by atoms with Crippen molar-refractivity contribution in [3.8, 4) is 0 Å². The lowest BCUT2D eigenvalue weighted by molar-refractivity contribution is 0.885. The van der Waals surface area contributed by atoms with Crippen molar-refractivity contribution in [2.24, 2.45) is 0 Å². The van der Waals surface area contributed by atoms with E-state index in [4.69, 9.17) is 11.6 Å². The average Bonchev–Trinajstić information content (AvgIpc) is 2.42. The molecule has 2 heterocycles. The number of hydrogen-bond donors (Lipinski definition) is 1. The fourth-order valence-electron chi connectivity index (χ4n) is 1.71. The molecule has 2 aromatic rings. The van der Waals surface area contributed by atoms with Crippen molar-refractivity contribution in [1.29, 1.82) is 0 Å². The van der Waals surface area contributed by atoms with Gasteiger partial charge in [0.2, 0.25) is 5.95 Å². The van der Waals surface area contributed by atoms with Crippen LogP contribution in [0.5, 0.6) is 0 Å². The van der Waals surface area contributed by atoms with Crippen molar-refractivity contribution < 1.29 is 0 Å². The van der Waals surface area contributed by atoms with Gasteiger partial charge in [0.05, 0.1) is 6.20 Å². The smallest absolute Gasteiger partial charge is 0.224 e. The molecule has 0 amide bonds. The van der Waals surface area contributed by atoms with Gasteiger partial charge in [-0.15, -0.1) is 0 Å². The highest BCUT2D eigenvalue weighted by Crippen LogP contribution is 2.23. The minimum absolute atomic E-state index is 0.535. The first-order valence-corrected chi connectivity index (χ1v) is 6.45. The van der Waals surface area contributed by atoms with Gasteiger partial charge in [0, 0.05) is 32.5 Å². The molecule has 6 heteroatoms. The zero-order chi connectivity index (χ0) is 13.7. The predicted octanol–water partition coefficient (Wildman–Crippen LogP) is 2.59. The molecule has 0 fully saturated rings. The Balaban J connectivity index is 2.18. The summed E-state index contributed by atoms with van der Waals surface area (Å²) in [4.78, 5) is 14.6. The van der Waals surface area contributed by atoms with Crippen LogP contribution in [0.2, 0.25) is 5.02 Å². The summed E-state index contributed by atoms with van der Waals surface area (Å²) in [6.07, 6.45) is 5.20. The first kappa shape index (κ1) is 13.5. The summed E-state index contributed by atoms with van der Waals surface area (Å²) in [6, 6.07) is 3.93. The van der Waals surface area contributed by atoms with Crippen molar-refractivity contribution >= 4 is 23.4 Å². The molecule has 0 saturated carbocycles. The van der Waals surface area contributed by atoms with Gasteiger partial charge in [0.15, 0.2) is 5.82 Å². The highest BCUT2D eigenvalue weighted by atomic mass is 35.5. The van der Waals surface area contributed by atoms with Crippen LogP contribution in [0, 0.1) is 0 Å². The maximum Gasteiger partial charge on any atom is 0.224 e. The van der Waals surface area contributed by atoms with E-state index in [1.165, 1.54) is 0 Å². The average molecular weight is 278 g/mol. The zero-order valence-electron chi connectivity index (χ0n) is 11.0.